The van der Waals surface area contributed by atoms with Crippen molar-refractivity contribution in [2.75, 3.05) is 5.32 Å². The van der Waals surface area contributed by atoms with Gasteiger partial charge < -0.3 is 9.88 Å². The molecule has 72 valence electrons. The van der Waals surface area contributed by atoms with Crippen LogP contribution in [0.15, 0.2) is 30.5 Å². The molecule has 1 amide bonds. The van der Waals surface area contributed by atoms with E-state index in [0.29, 0.717) is 0 Å². The van der Waals surface area contributed by atoms with E-state index in [9.17, 15) is 4.79 Å². The number of fused-ring (bicyclic) bond motifs is 1. The molecule has 0 radical (unpaired) electrons. The zero-order valence-corrected chi connectivity index (χ0v) is 8.24. The van der Waals surface area contributed by atoms with Crippen molar-refractivity contribution in [2.45, 2.75) is 6.92 Å². The third-order valence-electron chi connectivity index (χ3n) is 2.21. The van der Waals surface area contributed by atoms with Gasteiger partial charge in [0, 0.05) is 31.4 Å². The molecule has 0 unspecified atom stereocenters. The smallest absolute Gasteiger partial charge is 0.221 e. The minimum absolute atomic E-state index is 0.0430. The van der Waals surface area contributed by atoms with Gasteiger partial charge in [0.15, 0.2) is 0 Å². The second-order valence-electron chi connectivity index (χ2n) is 3.38. The fourth-order valence-electron chi connectivity index (χ4n) is 1.54. The molecule has 3 nitrogen and oxygen atoms in total. The number of rotatable bonds is 1. The van der Waals surface area contributed by atoms with E-state index in [2.05, 4.69) is 5.32 Å². The standard InChI is InChI=1S/C11H12N2O/c1-8(14)12-10-4-3-9-5-6-13(2)11(9)7-10/h3-7H,1-2H3,(H,12,14). The summed E-state index contributed by atoms with van der Waals surface area (Å²) in [6.45, 7) is 1.51. The number of hydrogen-bond donors (Lipinski definition) is 1. The van der Waals surface area contributed by atoms with Crippen LogP contribution in [-0.4, -0.2) is 10.5 Å². The second kappa shape index (κ2) is 3.18. The molecular weight excluding hydrogens is 176 g/mol. The molecule has 0 aliphatic rings. The Bertz CT molecular complexity index is 485. The van der Waals surface area contributed by atoms with Crippen molar-refractivity contribution in [1.82, 2.24) is 4.57 Å². The quantitative estimate of drug-likeness (QED) is 0.730. The predicted octanol–water partition coefficient (Wildman–Crippen LogP) is 2.14. The maximum atomic E-state index is 10.9. The summed E-state index contributed by atoms with van der Waals surface area (Å²) in [4.78, 5) is 10.9. The summed E-state index contributed by atoms with van der Waals surface area (Å²) in [5.41, 5.74) is 1.96. The van der Waals surface area contributed by atoms with Gasteiger partial charge in [0.25, 0.3) is 0 Å². The lowest BCUT2D eigenvalue weighted by Gasteiger charge is -2.02. The second-order valence-corrected chi connectivity index (χ2v) is 3.38. The third-order valence-corrected chi connectivity index (χ3v) is 2.21. The van der Waals surface area contributed by atoms with Crippen LogP contribution in [0.3, 0.4) is 0 Å². The van der Waals surface area contributed by atoms with Gasteiger partial charge in [-0.15, -0.1) is 0 Å². The number of carbonyl (C=O) groups excluding carboxylic acids is 1. The lowest BCUT2D eigenvalue weighted by molar-refractivity contribution is -0.114. The molecule has 1 aromatic carbocycles. The fraction of sp³-hybridized carbons (Fsp3) is 0.182. The number of aromatic nitrogens is 1. The van der Waals surface area contributed by atoms with Gasteiger partial charge >= 0.3 is 0 Å². The maximum absolute atomic E-state index is 10.9. The summed E-state index contributed by atoms with van der Waals surface area (Å²) in [6, 6.07) is 7.92. The van der Waals surface area contributed by atoms with Gasteiger partial charge in [-0.25, -0.2) is 0 Å². The van der Waals surface area contributed by atoms with Crippen molar-refractivity contribution >= 4 is 22.5 Å². The normalized spacial score (nSPS) is 10.4. The van der Waals surface area contributed by atoms with Crippen LogP contribution in [0, 0.1) is 0 Å². The molecule has 0 fully saturated rings. The van der Waals surface area contributed by atoms with E-state index < -0.39 is 0 Å². The van der Waals surface area contributed by atoms with Crippen LogP contribution in [0.25, 0.3) is 10.9 Å². The molecule has 0 aliphatic heterocycles. The number of nitrogens with one attached hydrogen (secondary N) is 1. The van der Waals surface area contributed by atoms with Crippen molar-refractivity contribution in [3.63, 3.8) is 0 Å². The molecule has 0 spiro atoms. The first-order chi connectivity index (χ1) is 6.66. The summed E-state index contributed by atoms with van der Waals surface area (Å²) in [6.07, 6.45) is 2.00. The molecule has 0 aliphatic carbocycles. The van der Waals surface area contributed by atoms with Gasteiger partial charge in [0.1, 0.15) is 0 Å². The fourth-order valence-corrected chi connectivity index (χ4v) is 1.54. The molecule has 1 N–H and O–H groups in total. The molecular formula is C11H12N2O. The van der Waals surface area contributed by atoms with E-state index in [-0.39, 0.29) is 5.91 Å². The average molecular weight is 188 g/mol. The molecule has 2 aromatic rings. The highest BCUT2D eigenvalue weighted by molar-refractivity contribution is 5.92. The lowest BCUT2D eigenvalue weighted by atomic mass is 10.2. The van der Waals surface area contributed by atoms with Crippen molar-refractivity contribution < 1.29 is 4.79 Å². The Morgan fingerprint density at radius 3 is 2.86 bits per heavy atom. The number of benzene rings is 1. The number of carbonyl (C=O) groups is 1. The Labute approximate surface area is 82.3 Å². The van der Waals surface area contributed by atoms with Crippen LogP contribution in [0.4, 0.5) is 5.69 Å². The van der Waals surface area contributed by atoms with Crippen molar-refractivity contribution in [1.29, 1.82) is 0 Å². The maximum Gasteiger partial charge on any atom is 0.221 e. The molecule has 0 saturated heterocycles. The number of hydrogen-bond acceptors (Lipinski definition) is 1. The summed E-state index contributed by atoms with van der Waals surface area (Å²) >= 11 is 0. The minimum Gasteiger partial charge on any atom is -0.350 e. The van der Waals surface area contributed by atoms with Gasteiger partial charge in [0.05, 0.1) is 0 Å². The Morgan fingerprint density at radius 2 is 2.14 bits per heavy atom. The van der Waals surface area contributed by atoms with Crippen LogP contribution >= 0.6 is 0 Å². The number of nitrogens with zero attached hydrogens (tertiary/aromatic N) is 1. The molecule has 0 atom stereocenters. The number of amides is 1. The highest BCUT2D eigenvalue weighted by Gasteiger charge is 2.00. The van der Waals surface area contributed by atoms with E-state index in [4.69, 9.17) is 0 Å². The molecule has 3 heteroatoms. The lowest BCUT2D eigenvalue weighted by Crippen LogP contribution is -2.05. The SMILES string of the molecule is CC(=O)Nc1ccc2ccn(C)c2c1. The Hall–Kier alpha value is -1.77. The third kappa shape index (κ3) is 1.48. The monoisotopic (exact) mass is 188 g/mol. The van der Waals surface area contributed by atoms with E-state index in [1.54, 1.807) is 0 Å². The van der Waals surface area contributed by atoms with Crippen molar-refractivity contribution in [2.24, 2.45) is 7.05 Å². The van der Waals surface area contributed by atoms with Crippen LogP contribution in [0.2, 0.25) is 0 Å². The summed E-state index contributed by atoms with van der Waals surface area (Å²) in [7, 11) is 1.99. The first-order valence-electron chi connectivity index (χ1n) is 4.49. The average Bonchev–Trinajstić information content (AvgIpc) is 2.47. The van der Waals surface area contributed by atoms with Crippen LogP contribution in [0.1, 0.15) is 6.92 Å². The minimum atomic E-state index is -0.0430. The molecule has 2 rings (SSSR count). The summed E-state index contributed by atoms with van der Waals surface area (Å²) < 4.78 is 2.03. The zero-order chi connectivity index (χ0) is 10.1. The molecule has 1 aromatic heterocycles. The number of aryl methyl sites for hydroxylation is 1. The van der Waals surface area contributed by atoms with Gasteiger partial charge in [-0.1, -0.05) is 6.07 Å². The van der Waals surface area contributed by atoms with Gasteiger partial charge in [0.2, 0.25) is 5.91 Å². The van der Waals surface area contributed by atoms with E-state index in [1.165, 1.54) is 12.3 Å². The molecule has 0 saturated carbocycles. The highest BCUT2D eigenvalue weighted by Crippen LogP contribution is 2.19. The Morgan fingerprint density at radius 1 is 1.36 bits per heavy atom. The summed E-state index contributed by atoms with van der Waals surface area (Å²) in [5.74, 6) is -0.0430. The zero-order valence-electron chi connectivity index (χ0n) is 8.24. The topological polar surface area (TPSA) is 34.0 Å². The van der Waals surface area contributed by atoms with Crippen LogP contribution in [0.5, 0.6) is 0 Å². The van der Waals surface area contributed by atoms with Gasteiger partial charge in [-0.05, 0) is 23.6 Å². The predicted molar refractivity (Wildman–Crippen MR) is 57.2 cm³/mol. The van der Waals surface area contributed by atoms with Gasteiger partial charge in [-0.2, -0.15) is 0 Å². The van der Waals surface area contributed by atoms with Crippen molar-refractivity contribution in [3.05, 3.63) is 30.5 Å². The first kappa shape index (κ1) is 8.81. The molecule has 1 heterocycles. The Kier molecular flexibility index (Phi) is 2.00. The van der Waals surface area contributed by atoms with Crippen LogP contribution in [-0.2, 0) is 11.8 Å². The van der Waals surface area contributed by atoms with Crippen LogP contribution < -0.4 is 5.32 Å². The van der Waals surface area contributed by atoms with Crippen molar-refractivity contribution in [3.8, 4) is 0 Å². The molecule has 14 heavy (non-hydrogen) atoms. The number of anilines is 1. The molecule has 0 bridgehead atoms. The van der Waals surface area contributed by atoms with Gasteiger partial charge in [-0.3, -0.25) is 4.79 Å². The Balaban J connectivity index is 2.49. The van der Waals surface area contributed by atoms with E-state index in [1.807, 2.05) is 42.1 Å². The highest BCUT2D eigenvalue weighted by atomic mass is 16.1. The van der Waals surface area contributed by atoms with E-state index >= 15 is 0 Å². The first-order valence-corrected chi connectivity index (χ1v) is 4.49. The largest absolute Gasteiger partial charge is 0.350 e. The van der Waals surface area contributed by atoms with E-state index in [0.717, 1.165) is 11.2 Å². The summed E-state index contributed by atoms with van der Waals surface area (Å²) in [5, 5.41) is 3.94.